The predicted molar refractivity (Wildman–Crippen MR) is 547 cm³/mol. The van der Waals surface area contributed by atoms with Crippen molar-refractivity contribution in [2.24, 2.45) is 0 Å². The third-order valence-electron chi connectivity index (χ3n) is 19.7. The molecule has 6 unspecified atom stereocenters. The van der Waals surface area contributed by atoms with Crippen LogP contribution in [0.15, 0.2) is 261 Å². The van der Waals surface area contributed by atoms with Crippen molar-refractivity contribution in [3.8, 4) is 74.7 Å². The molecule has 13 rings (SSSR count). The van der Waals surface area contributed by atoms with Crippen molar-refractivity contribution in [3.05, 3.63) is 317 Å². The van der Waals surface area contributed by atoms with Crippen LogP contribution in [0.25, 0.3) is 0 Å². The van der Waals surface area contributed by atoms with Crippen LogP contribution in [0.3, 0.4) is 0 Å². The number of aliphatic hydroxyl groups is 6. The van der Waals surface area contributed by atoms with Crippen LogP contribution >= 0.6 is 51.5 Å². The van der Waals surface area contributed by atoms with E-state index in [1.54, 1.807) is 96.4 Å². The van der Waals surface area contributed by atoms with Crippen molar-refractivity contribution < 1.29 is 120 Å². The zero-order valence-electron chi connectivity index (χ0n) is 78.2. The lowest BCUT2D eigenvalue weighted by molar-refractivity contribution is 0.0498. The summed E-state index contributed by atoms with van der Waals surface area (Å²) in [6.45, 7) is 5.30. The lowest BCUT2D eigenvalue weighted by atomic mass is 10.1. The van der Waals surface area contributed by atoms with Gasteiger partial charge in [0.15, 0.2) is 68.5 Å². The Labute approximate surface area is 801 Å². The van der Waals surface area contributed by atoms with Gasteiger partial charge in [0.2, 0.25) is 0 Å². The van der Waals surface area contributed by atoms with Gasteiger partial charge in [0, 0.05) is 79.5 Å². The summed E-state index contributed by atoms with van der Waals surface area (Å²) in [6.07, 6.45) is 0. The smallest absolute Gasteiger partial charge is 0.188 e. The fraction of sp³-hybridized carbons (Fsp3) is 0.250. The van der Waals surface area contributed by atoms with E-state index in [1.807, 2.05) is 195 Å². The normalized spacial score (nSPS) is 11.0. The molecule has 0 saturated carbocycles. The lowest BCUT2D eigenvalue weighted by Crippen LogP contribution is -2.15. The molecule has 0 fully saturated rings. The van der Waals surface area contributed by atoms with Crippen LogP contribution in [0, 0.1) is 19.7 Å². The quantitative estimate of drug-likeness (QED) is 0.0153. The SMILES string of the molecule is COCOc1c(OC)cc(OC)cc1Pc1ccc(F)cc1CO.COCOc1c(OC)cc(OC)cc1Pc1ccccc1CO.COCOc1c(OC)cccc1Pc1c(C)cccc1CO.COCOc1ccc(OC)cc1Pc1ccc(C)cc1CO.COCOc1ccc(OC)cc1Pc1ccccc1CO.OCc1ccccc1Pc1ccccc1OCc1ccccc1. The Hall–Kier alpha value is -10.7. The van der Waals surface area contributed by atoms with Crippen LogP contribution < -0.4 is 125 Å². The molecule has 0 saturated heterocycles. The summed E-state index contributed by atoms with van der Waals surface area (Å²) >= 11 is 0. The minimum Gasteiger partial charge on any atom is -0.497 e. The highest BCUT2D eigenvalue weighted by Crippen LogP contribution is 2.38. The molecule has 0 spiro atoms. The first-order valence-corrected chi connectivity index (χ1v) is 48.3. The van der Waals surface area contributed by atoms with Crippen LogP contribution in [0.2, 0.25) is 0 Å². The van der Waals surface area contributed by atoms with Gasteiger partial charge < -0.3 is 116 Å². The third kappa shape index (κ3) is 34.8. The number of aliphatic hydroxyl groups excluding tert-OH is 6. The number of para-hydroxylation sites is 2. The van der Waals surface area contributed by atoms with Gasteiger partial charge in [0.1, 0.15) is 52.7 Å². The first-order valence-electron chi connectivity index (χ1n) is 42.3. The number of methoxy groups -OCH3 is 12. The molecule has 0 aromatic heterocycles. The maximum Gasteiger partial charge on any atom is 0.188 e. The molecule has 24 nitrogen and oxygen atoms in total. The Morgan fingerprint density at radius 2 is 0.585 bits per heavy atom. The van der Waals surface area contributed by atoms with Gasteiger partial charge in [-0.05, 0) is 163 Å². The molecule has 0 aliphatic heterocycles. The Balaban J connectivity index is 0.000000199. The van der Waals surface area contributed by atoms with Crippen LogP contribution in [0.4, 0.5) is 4.39 Å². The second-order valence-corrected chi connectivity index (χ2v) is 36.7. The van der Waals surface area contributed by atoms with Crippen molar-refractivity contribution >= 4 is 115 Å². The molecule has 718 valence electrons. The molecule has 135 heavy (non-hydrogen) atoms. The van der Waals surface area contributed by atoms with Gasteiger partial charge in [-0.1, -0.05) is 233 Å². The summed E-state index contributed by atoms with van der Waals surface area (Å²) < 4.78 is 110. The predicted octanol–water partition coefficient (Wildman–Crippen LogP) is 13.2. The molecule has 0 bridgehead atoms. The number of benzene rings is 13. The van der Waals surface area contributed by atoms with Crippen LogP contribution in [0.1, 0.15) is 50.1 Å². The topological polar surface area (TPSA) is 288 Å². The number of halogens is 1. The first-order chi connectivity index (χ1) is 65.9. The summed E-state index contributed by atoms with van der Waals surface area (Å²) in [7, 11) is 21.1. The van der Waals surface area contributed by atoms with Crippen LogP contribution in [-0.4, -0.2) is 150 Å². The molecule has 0 aliphatic rings. The highest BCUT2D eigenvalue weighted by molar-refractivity contribution is 7.57. The molecule has 6 N–H and O–H groups in total. The number of ether oxygens (including phenoxy) is 18. The van der Waals surface area contributed by atoms with Gasteiger partial charge >= 0.3 is 0 Å². The Kier molecular flexibility index (Phi) is 49.9. The van der Waals surface area contributed by atoms with Crippen molar-refractivity contribution in [2.45, 2.75) is 60.1 Å². The monoisotopic (exact) mass is 1960 g/mol. The van der Waals surface area contributed by atoms with E-state index in [9.17, 15) is 35.0 Å². The molecule has 0 aliphatic carbocycles. The molecule has 0 radical (unpaired) electrons. The van der Waals surface area contributed by atoms with Gasteiger partial charge in [-0.2, -0.15) is 0 Å². The fourth-order valence-corrected chi connectivity index (χ4v) is 20.6. The second-order valence-electron chi connectivity index (χ2n) is 28.7. The Bertz CT molecular complexity index is 5720. The number of aryl methyl sites for hydroxylation is 2. The van der Waals surface area contributed by atoms with E-state index in [1.165, 1.54) is 19.2 Å². The summed E-state index contributed by atoms with van der Waals surface area (Å²) in [4.78, 5) is 0. The maximum absolute atomic E-state index is 13.4. The van der Waals surface area contributed by atoms with Crippen LogP contribution in [-0.2, 0) is 69.9 Å². The molecular formula is C104H121FO24P6. The van der Waals surface area contributed by atoms with Crippen LogP contribution in [0.5, 0.6) is 74.7 Å². The minimum atomic E-state index is -0.383. The Morgan fingerprint density at radius 3 is 1.03 bits per heavy atom. The third-order valence-corrected chi connectivity index (χ3v) is 28.4. The highest BCUT2D eigenvalue weighted by atomic mass is 31.1. The molecule has 31 heteroatoms. The van der Waals surface area contributed by atoms with Crippen molar-refractivity contribution in [3.63, 3.8) is 0 Å². The van der Waals surface area contributed by atoms with E-state index in [0.29, 0.717) is 101 Å². The summed E-state index contributed by atoms with van der Waals surface area (Å²) in [5.74, 6) is 8.57. The van der Waals surface area contributed by atoms with E-state index in [2.05, 4.69) is 49.4 Å². The van der Waals surface area contributed by atoms with E-state index >= 15 is 0 Å². The zero-order chi connectivity index (χ0) is 97.1. The van der Waals surface area contributed by atoms with Gasteiger partial charge in [0.05, 0.1) is 89.4 Å². The van der Waals surface area contributed by atoms with E-state index in [4.69, 9.17) is 85.3 Å². The molecule has 0 heterocycles. The molecule has 6 atom stereocenters. The number of hydrogen-bond acceptors (Lipinski definition) is 24. The minimum absolute atomic E-state index is 0.00145. The van der Waals surface area contributed by atoms with Gasteiger partial charge in [0.25, 0.3) is 0 Å². The van der Waals surface area contributed by atoms with E-state index in [-0.39, 0.29) is 88.0 Å². The highest BCUT2D eigenvalue weighted by Gasteiger charge is 2.22. The van der Waals surface area contributed by atoms with Gasteiger partial charge in [-0.15, -0.1) is 0 Å². The average Bonchev–Trinajstić information content (AvgIpc) is 0.821. The maximum atomic E-state index is 13.4. The van der Waals surface area contributed by atoms with E-state index < -0.39 is 0 Å². The number of hydrogen-bond donors (Lipinski definition) is 6. The fourth-order valence-electron chi connectivity index (χ4n) is 12.9. The Morgan fingerprint density at radius 1 is 0.237 bits per heavy atom. The standard InChI is InChI=1S/C20H19O2P.C17H20FO5P.C17H21O5P.2C17H21O4P.C16H19O4P/c21-14-17-10-4-6-12-19(17)23-20-13-7-5-11-18(20)22-15-16-8-2-1-3-9-16;1-20-10-23-17-14(22-3)7-13(21-2)8-16(17)24-15-5-4-12(18)6-11(15)9-19;1-19-11-22-17-14(21-3)8-13(20-2)9-16(17)23-15-7-5-4-6-12(15)10-18;1-12-4-7-16(13(8-12)10-18)22-17-9-14(20-3)5-6-15(17)21-11-19-2;1-12-6-4-7-13(10-18)17(12)22-15-9-5-8-14(20-3)16(15)21-11-19-2;1-18-11-20-14-8-7-13(19-2)9-16(14)21-15-6-4-3-5-12(15)10-17/h1-13,21,23H,14-15H2;4-8,19,24H,9-10H2,1-3H3;4-9,18,23H,10-11H2,1-3H3;2*4-9,18,22H,10-11H2,1-3H3;3-9,17,21H,10-11H2,1-2H3. The summed E-state index contributed by atoms with van der Waals surface area (Å²) in [5.41, 5.74) is 8.67. The largest absolute Gasteiger partial charge is 0.497 e. The van der Waals surface area contributed by atoms with Crippen molar-refractivity contribution in [2.75, 3.05) is 119 Å². The lowest BCUT2D eigenvalue weighted by Gasteiger charge is -2.17. The molecule has 13 aromatic rings. The van der Waals surface area contributed by atoms with Crippen molar-refractivity contribution in [1.82, 2.24) is 0 Å². The van der Waals surface area contributed by atoms with Gasteiger partial charge in [-0.25, -0.2) is 4.39 Å². The summed E-state index contributed by atoms with van der Waals surface area (Å²) in [5, 5.41) is 69.4. The second kappa shape index (κ2) is 61.4. The van der Waals surface area contributed by atoms with Crippen molar-refractivity contribution in [1.29, 1.82) is 0 Å². The average molecular weight is 1960 g/mol. The van der Waals surface area contributed by atoms with E-state index in [0.717, 1.165) is 137 Å². The molecular weight excluding hydrogens is 1840 g/mol. The molecule has 0 amide bonds. The van der Waals surface area contributed by atoms with Gasteiger partial charge in [-0.3, -0.25) is 0 Å². The number of rotatable bonds is 43. The summed E-state index contributed by atoms with van der Waals surface area (Å²) in [6, 6.07) is 82.8. The molecule has 13 aromatic carbocycles. The first kappa shape index (κ1) is 110. The zero-order valence-corrected chi connectivity index (χ0v) is 84.2.